The molecule has 7 nitrogen and oxygen atoms in total. The molecule has 1 aromatic carbocycles. The number of rotatable bonds is 4. The van der Waals surface area contributed by atoms with Crippen molar-refractivity contribution in [1.82, 2.24) is 19.5 Å². The average molecular weight is 351 g/mol. The molecule has 0 aliphatic carbocycles. The first-order valence-electron chi connectivity index (χ1n) is 7.50. The van der Waals surface area contributed by atoms with Crippen LogP contribution in [-0.4, -0.2) is 30.6 Å². The molecule has 2 aromatic heterocycles. The van der Waals surface area contributed by atoms with Gasteiger partial charge >= 0.3 is 5.97 Å². The molecule has 4 rings (SSSR count). The predicted octanol–water partition coefficient (Wildman–Crippen LogP) is 3.03. The minimum absolute atomic E-state index is 0.590. The molecule has 0 radical (unpaired) electrons. The van der Waals surface area contributed by atoms with Crippen molar-refractivity contribution < 1.29 is 9.90 Å². The van der Waals surface area contributed by atoms with E-state index in [1.807, 2.05) is 22.9 Å². The normalized spacial score (nSPS) is 12.5. The van der Waals surface area contributed by atoms with Gasteiger partial charge in [0.2, 0.25) is 0 Å². The molecule has 1 aliphatic rings. The third kappa shape index (κ3) is 3.24. The molecule has 2 N–H and O–H groups in total. The molecule has 1 aliphatic heterocycles. The number of benzene rings is 1. The fraction of sp³-hybridized carbons (Fsp3) is 0.0588. The summed E-state index contributed by atoms with van der Waals surface area (Å²) < 4.78 is 1.89. The number of nitrogens with zero attached hydrogens (tertiary/aromatic N) is 4. The molecule has 0 unspecified atom stereocenters. The Morgan fingerprint density at radius 2 is 2.12 bits per heavy atom. The second-order valence-corrected chi connectivity index (χ2v) is 6.38. The van der Waals surface area contributed by atoms with E-state index in [1.54, 1.807) is 30.4 Å². The lowest BCUT2D eigenvalue weighted by atomic mass is 10.2. The molecular formula is C17H13N5O2S. The Labute approximate surface area is 147 Å². The Morgan fingerprint density at radius 1 is 1.24 bits per heavy atom. The Balaban J connectivity index is 1.58. The lowest BCUT2D eigenvalue weighted by Gasteiger charge is -2.19. The fourth-order valence-electron chi connectivity index (χ4n) is 2.54. The highest BCUT2D eigenvalue weighted by Gasteiger charge is 2.17. The monoisotopic (exact) mass is 351 g/mol. The maximum absolute atomic E-state index is 10.7. The minimum Gasteiger partial charge on any atom is -0.478 e. The molecule has 124 valence electrons. The van der Waals surface area contributed by atoms with Crippen molar-refractivity contribution in [3.05, 3.63) is 60.5 Å². The van der Waals surface area contributed by atoms with Crippen LogP contribution in [0.15, 0.2) is 59.0 Å². The summed E-state index contributed by atoms with van der Waals surface area (Å²) in [5.41, 5.74) is 2.06. The molecule has 0 saturated heterocycles. The summed E-state index contributed by atoms with van der Waals surface area (Å²) in [5.74, 6) is 0.354. The lowest BCUT2D eigenvalue weighted by molar-refractivity contribution is -0.131. The Bertz CT molecular complexity index is 983. The van der Waals surface area contributed by atoms with Gasteiger partial charge in [-0.05, 0) is 23.8 Å². The SMILES string of the molecule is O=C(O)C=Cc1nccn1Cc1ccc2c(c1)Nc1nccnc1S2. The molecule has 8 heteroatoms. The first kappa shape index (κ1) is 15.4. The zero-order valence-corrected chi connectivity index (χ0v) is 13.8. The number of nitrogens with one attached hydrogen (secondary N) is 1. The van der Waals surface area contributed by atoms with E-state index in [9.17, 15) is 4.79 Å². The molecule has 3 aromatic rings. The van der Waals surface area contributed by atoms with E-state index >= 15 is 0 Å². The van der Waals surface area contributed by atoms with Crippen LogP contribution >= 0.6 is 11.8 Å². The van der Waals surface area contributed by atoms with E-state index in [2.05, 4.69) is 26.3 Å². The summed E-state index contributed by atoms with van der Waals surface area (Å²) in [4.78, 5) is 24.6. The zero-order valence-electron chi connectivity index (χ0n) is 13.0. The number of fused-ring (bicyclic) bond motifs is 2. The van der Waals surface area contributed by atoms with Gasteiger partial charge in [-0.3, -0.25) is 0 Å². The Kier molecular flexibility index (Phi) is 3.95. The zero-order chi connectivity index (χ0) is 17.2. The number of imidazole rings is 1. The molecule has 0 atom stereocenters. The molecule has 0 bridgehead atoms. The van der Waals surface area contributed by atoms with Crippen molar-refractivity contribution in [2.45, 2.75) is 16.5 Å². The van der Waals surface area contributed by atoms with Gasteiger partial charge in [-0.25, -0.2) is 19.7 Å². The van der Waals surface area contributed by atoms with E-state index in [-0.39, 0.29) is 0 Å². The van der Waals surface area contributed by atoms with Crippen LogP contribution < -0.4 is 5.32 Å². The lowest BCUT2D eigenvalue weighted by Crippen LogP contribution is -2.06. The van der Waals surface area contributed by atoms with Gasteiger partial charge in [0.05, 0.1) is 5.69 Å². The van der Waals surface area contributed by atoms with E-state index in [4.69, 9.17) is 5.11 Å². The number of hydrogen-bond donors (Lipinski definition) is 2. The summed E-state index contributed by atoms with van der Waals surface area (Å²) in [5, 5.41) is 12.9. The van der Waals surface area contributed by atoms with Crippen molar-refractivity contribution in [1.29, 1.82) is 0 Å². The molecule has 0 saturated carbocycles. The van der Waals surface area contributed by atoms with Crippen LogP contribution in [0.5, 0.6) is 0 Å². The number of carboxylic acids is 1. The van der Waals surface area contributed by atoms with Crippen LogP contribution in [-0.2, 0) is 11.3 Å². The van der Waals surface area contributed by atoms with Crippen molar-refractivity contribution in [2.75, 3.05) is 5.32 Å². The van der Waals surface area contributed by atoms with E-state index < -0.39 is 5.97 Å². The quantitative estimate of drug-likeness (QED) is 0.546. The van der Waals surface area contributed by atoms with Crippen molar-refractivity contribution in [3.8, 4) is 0 Å². The van der Waals surface area contributed by atoms with Crippen LogP contribution in [0.2, 0.25) is 0 Å². The number of aliphatic carboxylic acids is 1. The largest absolute Gasteiger partial charge is 0.478 e. The summed E-state index contributed by atoms with van der Waals surface area (Å²) in [6.07, 6.45) is 9.38. The van der Waals surface area contributed by atoms with Gasteiger partial charge in [-0.15, -0.1) is 0 Å². The van der Waals surface area contributed by atoms with Gasteiger partial charge in [-0.1, -0.05) is 17.8 Å². The van der Waals surface area contributed by atoms with E-state index in [1.165, 1.54) is 6.08 Å². The smallest absolute Gasteiger partial charge is 0.328 e. The average Bonchev–Trinajstić information content (AvgIpc) is 3.05. The minimum atomic E-state index is -0.996. The number of anilines is 2. The molecule has 0 fully saturated rings. The molecule has 0 spiro atoms. The Hall–Kier alpha value is -3.13. The topological polar surface area (TPSA) is 92.9 Å². The van der Waals surface area contributed by atoms with Gasteiger partial charge in [0.1, 0.15) is 10.9 Å². The fourth-order valence-corrected chi connectivity index (χ4v) is 3.41. The maximum atomic E-state index is 10.7. The summed E-state index contributed by atoms with van der Waals surface area (Å²) in [7, 11) is 0. The van der Waals surface area contributed by atoms with Crippen LogP contribution in [0.25, 0.3) is 6.08 Å². The highest BCUT2D eigenvalue weighted by atomic mass is 32.2. The first-order chi connectivity index (χ1) is 12.2. The molecular weight excluding hydrogens is 338 g/mol. The third-order valence-electron chi connectivity index (χ3n) is 3.64. The molecule has 3 heterocycles. The summed E-state index contributed by atoms with van der Waals surface area (Å²) in [6, 6.07) is 6.15. The summed E-state index contributed by atoms with van der Waals surface area (Å²) >= 11 is 1.58. The van der Waals surface area contributed by atoms with Crippen LogP contribution in [0.4, 0.5) is 11.5 Å². The second kappa shape index (κ2) is 6.40. The predicted molar refractivity (Wildman–Crippen MR) is 93.9 cm³/mol. The number of aromatic nitrogens is 4. The van der Waals surface area contributed by atoms with Gasteiger partial charge in [0.15, 0.2) is 5.82 Å². The maximum Gasteiger partial charge on any atom is 0.328 e. The van der Waals surface area contributed by atoms with Gasteiger partial charge in [0.25, 0.3) is 0 Å². The first-order valence-corrected chi connectivity index (χ1v) is 8.31. The van der Waals surface area contributed by atoms with Gasteiger partial charge in [-0.2, -0.15) is 0 Å². The second-order valence-electron chi connectivity index (χ2n) is 5.35. The van der Waals surface area contributed by atoms with Crippen LogP contribution in [0, 0.1) is 0 Å². The van der Waals surface area contributed by atoms with Gasteiger partial charge in [0, 0.05) is 42.3 Å². The highest BCUT2D eigenvalue weighted by molar-refractivity contribution is 7.99. The van der Waals surface area contributed by atoms with E-state index in [0.29, 0.717) is 12.4 Å². The number of carbonyl (C=O) groups is 1. The van der Waals surface area contributed by atoms with Crippen LogP contribution in [0.3, 0.4) is 0 Å². The number of carboxylic acid groups (broad SMARTS) is 1. The summed E-state index contributed by atoms with van der Waals surface area (Å²) in [6.45, 7) is 0.590. The Morgan fingerprint density at radius 3 is 3.00 bits per heavy atom. The number of hydrogen-bond acceptors (Lipinski definition) is 6. The van der Waals surface area contributed by atoms with E-state index in [0.717, 1.165) is 33.1 Å². The van der Waals surface area contributed by atoms with Crippen LogP contribution in [0.1, 0.15) is 11.4 Å². The molecule has 0 amide bonds. The van der Waals surface area contributed by atoms with Gasteiger partial charge < -0.3 is 15.0 Å². The van der Waals surface area contributed by atoms with Crippen molar-refractivity contribution >= 4 is 35.3 Å². The van der Waals surface area contributed by atoms with Crippen molar-refractivity contribution in [2.24, 2.45) is 0 Å². The third-order valence-corrected chi connectivity index (χ3v) is 4.71. The standard InChI is InChI=1S/C17H13N5O2S/c23-15(24)4-3-14-18-7-8-22(14)10-11-1-2-13-12(9-11)21-16-17(25-13)20-6-5-19-16/h1-9H,10H2,(H,19,21)(H,23,24). The van der Waals surface area contributed by atoms with Crippen molar-refractivity contribution in [3.63, 3.8) is 0 Å². The highest BCUT2D eigenvalue weighted by Crippen LogP contribution is 2.42. The molecule has 25 heavy (non-hydrogen) atoms.